The third-order valence-corrected chi connectivity index (χ3v) is 3.81. The zero-order valence-electron chi connectivity index (χ0n) is 12.9. The number of rotatable bonds is 3. The molecule has 2 aromatic rings. The molecule has 1 nitrogen and oxygen atoms in total. The average molecular weight is 306 g/mol. The lowest BCUT2D eigenvalue weighted by molar-refractivity contribution is 0.589. The van der Waals surface area contributed by atoms with Crippen LogP contribution in [0.2, 0.25) is 5.02 Å². The fourth-order valence-corrected chi connectivity index (χ4v) is 2.37. The minimum absolute atomic E-state index is 0.00647. The van der Waals surface area contributed by atoms with E-state index in [0.717, 1.165) is 5.56 Å². The monoisotopic (exact) mass is 305 g/mol. The molecule has 0 fully saturated rings. The van der Waals surface area contributed by atoms with Crippen molar-refractivity contribution in [1.29, 1.82) is 0 Å². The third kappa shape index (κ3) is 3.98. The molecule has 112 valence electrons. The molecule has 1 unspecified atom stereocenters. The summed E-state index contributed by atoms with van der Waals surface area (Å²) < 4.78 is 13.7. The van der Waals surface area contributed by atoms with Crippen molar-refractivity contribution in [2.75, 3.05) is 5.32 Å². The van der Waals surface area contributed by atoms with E-state index in [0.29, 0.717) is 10.7 Å². The van der Waals surface area contributed by atoms with Crippen LogP contribution in [0.1, 0.15) is 44.9 Å². The van der Waals surface area contributed by atoms with Gasteiger partial charge in [-0.25, -0.2) is 4.39 Å². The molecule has 0 radical (unpaired) electrons. The van der Waals surface area contributed by atoms with Gasteiger partial charge in [-0.05, 0) is 41.7 Å². The van der Waals surface area contributed by atoms with Crippen LogP contribution in [0.3, 0.4) is 0 Å². The van der Waals surface area contributed by atoms with E-state index in [4.69, 9.17) is 11.6 Å². The Morgan fingerprint density at radius 3 is 2.24 bits per heavy atom. The van der Waals surface area contributed by atoms with Crippen LogP contribution in [0.4, 0.5) is 10.1 Å². The quantitative estimate of drug-likeness (QED) is 0.739. The highest BCUT2D eigenvalue weighted by atomic mass is 35.5. The van der Waals surface area contributed by atoms with Crippen LogP contribution in [0.5, 0.6) is 0 Å². The van der Waals surface area contributed by atoms with E-state index in [2.05, 4.69) is 50.4 Å². The lowest BCUT2D eigenvalue weighted by Gasteiger charge is -2.21. The maximum Gasteiger partial charge on any atom is 0.146 e. The van der Waals surface area contributed by atoms with Crippen molar-refractivity contribution in [2.45, 2.75) is 39.2 Å². The van der Waals surface area contributed by atoms with E-state index >= 15 is 0 Å². The molecule has 0 spiro atoms. The highest BCUT2D eigenvalue weighted by Gasteiger charge is 2.14. The van der Waals surface area contributed by atoms with Crippen LogP contribution in [-0.4, -0.2) is 0 Å². The molecular weight excluding hydrogens is 285 g/mol. The molecule has 3 heteroatoms. The molecule has 0 aromatic heterocycles. The second-order valence-electron chi connectivity index (χ2n) is 6.36. The van der Waals surface area contributed by atoms with E-state index in [9.17, 15) is 4.39 Å². The van der Waals surface area contributed by atoms with Gasteiger partial charge in [-0.3, -0.25) is 0 Å². The Morgan fingerprint density at radius 1 is 1.05 bits per heavy atom. The first-order valence-electron chi connectivity index (χ1n) is 7.09. The Bertz CT molecular complexity index is 614. The van der Waals surface area contributed by atoms with Crippen LogP contribution < -0.4 is 5.32 Å². The summed E-state index contributed by atoms with van der Waals surface area (Å²) in [5.74, 6) is -0.294. The predicted molar refractivity (Wildman–Crippen MR) is 88.6 cm³/mol. The molecule has 0 saturated heterocycles. The standard InChI is InChI=1S/C18H21ClFN/c1-12(21-17-11-15(19)9-10-16(17)20)13-5-7-14(8-6-13)18(2,3)4/h5-12,21H,1-4H3. The first kappa shape index (κ1) is 15.8. The fraction of sp³-hybridized carbons (Fsp3) is 0.333. The lowest BCUT2D eigenvalue weighted by Crippen LogP contribution is -2.12. The Labute approximate surface area is 131 Å². The van der Waals surface area contributed by atoms with Crippen LogP contribution in [0.15, 0.2) is 42.5 Å². The summed E-state index contributed by atoms with van der Waals surface area (Å²) in [7, 11) is 0. The van der Waals surface area contributed by atoms with E-state index in [1.165, 1.54) is 11.6 Å². The van der Waals surface area contributed by atoms with Gasteiger partial charge in [0.15, 0.2) is 0 Å². The highest BCUT2D eigenvalue weighted by Crippen LogP contribution is 2.27. The van der Waals surface area contributed by atoms with E-state index in [-0.39, 0.29) is 17.3 Å². The second kappa shape index (κ2) is 6.07. The number of benzene rings is 2. The summed E-state index contributed by atoms with van der Waals surface area (Å²) >= 11 is 5.91. The van der Waals surface area contributed by atoms with Gasteiger partial charge in [0, 0.05) is 11.1 Å². The van der Waals surface area contributed by atoms with Crippen molar-refractivity contribution in [1.82, 2.24) is 0 Å². The van der Waals surface area contributed by atoms with E-state index in [1.807, 2.05) is 6.92 Å². The topological polar surface area (TPSA) is 12.0 Å². The van der Waals surface area contributed by atoms with E-state index < -0.39 is 0 Å². The van der Waals surface area contributed by atoms with Gasteiger partial charge in [-0.2, -0.15) is 0 Å². The van der Waals surface area contributed by atoms with Gasteiger partial charge in [0.1, 0.15) is 5.82 Å². The third-order valence-electron chi connectivity index (χ3n) is 3.58. The SMILES string of the molecule is CC(Nc1cc(Cl)ccc1F)c1ccc(C(C)(C)C)cc1. The summed E-state index contributed by atoms with van der Waals surface area (Å²) in [5.41, 5.74) is 2.96. The Balaban J connectivity index is 2.17. The molecule has 2 aromatic carbocycles. The second-order valence-corrected chi connectivity index (χ2v) is 6.80. The van der Waals surface area contributed by atoms with Gasteiger partial charge in [-0.1, -0.05) is 56.6 Å². The summed E-state index contributed by atoms with van der Waals surface area (Å²) in [6.45, 7) is 8.56. The van der Waals surface area contributed by atoms with Gasteiger partial charge < -0.3 is 5.32 Å². The first-order valence-corrected chi connectivity index (χ1v) is 7.47. The van der Waals surface area contributed by atoms with E-state index in [1.54, 1.807) is 12.1 Å². The largest absolute Gasteiger partial charge is 0.376 e. The normalized spacial score (nSPS) is 13.0. The highest BCUT2D eigenvalue weighted by molar-refractivity contribution is 6.30. The first-order chi connectivity index (χ1) is 9.77. The van der Waals surface area contributed by atoms with Crippen LogP contribution in [0.25, 0.3) is 0 Å². The minimum atomic E-state index is -0.294. The Kier molecular flexibility index (Phi) is 4.58. The molecule has 1 N–H and O–H groups in total. The van der Waals surface area contributed by atoms with Crippen molar-refractivity contribution in [3.8, 4) is 0 Å². The molecule has 0 aliphatic carbocycles. The minimum Gasteiger partial charge on any atom is -0.376 e. The van der Waals surface area contributed by atoms with Gasteiger partial charge in [0.25, 0.3) is 0 Å². The number of hydrogen-bond acceptors (Lipinski definition) is 1. The molecular formula is C18H21ClFN. The maximum atomic E-state index is 13.7. The molecule has 0 amide bonds. The van der Waals surface area contributed by atoms with Gasteiger partial charge in [-0.15, -0.1) is 0 Å². The number of hydrogen-bond donors (Lipinski definition) is 1. The molecule has 1 atom stereocenters. The molecule has 0 heterocycles. The Morgan fingerprint density at radius 2 is 1.67 bits per heavy atom. The molecule has 21 heavy (non-hydrogen) atoms. The molecule has 0 bridgehead atoms. The van der Waals surface area contributed by atoms with Crippen LogP contribution in [-0.2, 0) is 5.41 Å². The van der Waals surface area contributed by atoms with Gasteiger partial charge in [0.05, 0.1) is 5.69 Å². The predicted octanol–water partition coefficient (Wildman–Crippen LogP) is 5.95. The van der Waals surface area contributed by atoms with Gasteiger partial charge >= 0.3 is 0 Å². The fourth-order valence-electron chi connectivity index (χ4n) is 2.20. The summed E-state index contributed by atoms with van der Waals surface area (Å²) in [6.07, 6.45) is 0. The Hall–Kier alpha value is -1.54. The number of nitrogens with one attached hydrogen (secondary N) is 1. The molecule has 2 rings (SSSR count). The zero-order chi connectivity index (χ0) is 15.6. The average Bonchev–Trinajstić information content (AvgIpc) is 2.42. The molecule has 0 aliphatic rings. The number of halogens is 2. The van der Waals surface area contributed by atoms with Crippen LogP contribution in [0, 0.1) is 5.82 Å². The van der Waals surface area contributed by atoms with Crippen molar-refractivity contribution in [3.05, 3.63) is 64.4 Å². The maximum absolute atomic E-state index is 13.7. The summed E-state index contributed by atoms with van der Waals surface area (Å²) in [6, 6.07) is 13.0. The smallest absolute Gasteiger partial charge is 0.146 e. The van der Waals surface area contributed by atoms with Crippen molar-refractivity contribution < 1.29 is 4.39 Å². The molecule has 0 saturated carbocycles. The molecule has 0 aliphatic heterocycles. The van der Waals surface area contributed by atoms with Crippen molar-refractivity contribution >= 4 is 17.3 Å². The number of anilines is 1. The van der Waals surface area contributed by atoms with Crippen LogP contribution >= 0.6 is 11.6 Å². The summed E-state index contributed by atoms with van der Waals surface area (Å²) in [4.78, 5) is 0. The lowest BCUT2D eigenvalue weighted by atomic mass is 9.86. The zero-order valence-corrected chi connectivity index (χ0v) is 13.6. The van der Waals surface area contributed by atoms with Crippen molar-refractivity contribution in [2.24, 2.45) is 0 Å². The van der Waals surface area contributed by atoms with Gasteiger partial charge in [0.2, 0.25) is 0 Å². The van der Waals surface area contributed by atoms with Crippen molar-refractivity contribution in [3.63, 3.8) is 0 Å². The summed E-state index contributed by atoms with van der Waals surface area (Å²) in [5, 5.41) is 3.69.